The van der Waals surface area contributed by atoms with Gasteiger partial charge in [0.2, 0.25) is 0 Å². The third-order valence-electron chi connectivity index (χ3n) is 2.94. The SMILES string of the molecule is COc1ccccc1COc1ccc(CCN)cc1. The standard InChI is InChI=1S/C16H19NO2/c1-18-16-5-3-2-4-14(16)12-19-15-8-6-13(7-9-15)10-11-17/h2-9H,10-12,17H2,1H3. The van der Waals surface area contributed by atoms with Gasteiger partial charge in [-0.3, -0.25) is 0 Å². The van der Waals surface area contributed by atoms with Crippen LogP contribution in [0.4, 0.5) is 0 Å². The van der Waals surface area contributed by atoms with Crippen LogP contribution in [0.2, 0.25) is 0 Å². The number of rotatable bonds is 6. The average molecular weight is 257 g/mol. The number of benzene rings is 2. The minimum atomic E-state index is 0.500. The highest BCUT2D eigenvalue weighted by Crippen LogP contribution is 2.20. The van der Waals surface area contributed by atoms with Gasteiger partial charge < -0.3 is 15.2 Å². The van der Waals surface area contributed by atoms with Crippen molar-refractivity contribution in [3.63, 3.8) is 0 Å². The molecule has 0 bridgehead atoms. The van der Waals surface area contributed by atoms with E-state index in [1.165, 1.54) is 5.56 Å². The second kappa shape index (κ2) is 6.81. The molecule has 0 fully saturated rings. The maximum Gasteiger partial charge on any atom is 0.125 e. The van der Waals surface area contributed by atoms with Crippen LogP contribution in [0.5, 0.6) is 11.5 Å². The largest absolute Gasteiger partial charge is 0.496 e. The summed E-state index contributed by atoms with van der Waals surface area (Å²) < 4.78 is 11.0. The van der Waals surface area contributed by atoms with E-state index >= 15 is 0 Å². The third-order valence-corrected chi connectivity index (χ3v) is 2.94. The fraction of sp³-hybridized carbons (Fsp3) is 0.250. The smallest absolute Gasteiger partial charge is 0.125 e. The fourth-order valence-electron chi connectivity index (χ4n) is 1.90. The average Bonchev–Trinajstić information content (AvgIpc) is 2.47. The van der Waals surface area contributed by atoms with Crippen LogP contribution in [0.15, 0.2) is 48.5 Å². The number of nitrogens with two attached hydrogens (primary N) is 1. The maximum absolute atomic E-state index is 5.76. The van der Waals surface area contributed by atoms with E-state index in [0.717, 1.165) is 23.5 Å². The molecule has 0 aliphatic carbocycles. The number of hydrogen-bond donors (Lipinski definition) is 1. The lowest BCUT2D eigenvalue weighted by atomic mass is 10.1. The van der Waals surface area contributed by atoms with Crippen molar-refractivity contribution in [1.29, 1.82) is 0 Å². The number of methoxy groups -OCH3 is 1. The first-order valence-electron chi connectivity index (χ1n) is 6.37. The molecule has 0 aromatic heterocycles. The Kier molecular flexibility index (Phi) is 4.81. The summed E-state index contributed by atoms with van der Waals surface area (Å²) in [7, 11) is 1.67. The van der Waals surface area contributed by atoms with Gasteiger partial charge in [-0.15, -0.1) is 0 Å². The van der Waals surface area contributed by atoms with Gasteiger partial charge in [0, 0.05) is 5.56 Å². The van der Waals surface area contributed by atoms with Crippen molar-refractivity contribution in [2.75, 3.05) is 13.7 Å². The molecular weight excluding hydrogens is 238 g/mol. The van der Waals surface area contributed by atoms with Crippen LogP contribution in [0.25, 0.3) is 0 Å². The molecule has 3 nitrogen and oxygen atoms in total. The predicted octanol–water partition coefficient (Wildman–Crippen LogP) is 2.78. The van der Waals surface area contributed by atoms with Gasteiger partial charge in [-0.05, 0) is 36.7 Å². The molecule has 0 saturated heterocycles. The van der Waals surface area contributed by atoms with Crippen molar-refractivity contribution in [3.8, 4) is 11.5 Å². The zero-order valence-electron chi connectivity index (χ0n) is 11.1. The molecule has 0 amide bonds. The third kappa shape index (κ3) is 3.73. The van der Waals surface area contributed by atoms with Crippen molar-refractivity contribution in [1.82, 2.24) is 0 Å². The molecule has 2 aromatic rings. The van der Waals surface area contributed by atoms with Gasteiger partial charge >= 0.3 is 0 Å². The molecule has 100 valence electrons. The molecule has 0 atom stereocenters. The van der Waals surface area contributed by atoms with E-state index in [0.29, 0.717) is 13.2 Å². The topological polar surface area (TPSA) is 44.5 Å². The Balaban J connectivity index is 1.98. The fourth-order valence-corrected chi connectivity index (χ4v) is 1.90. The summed E-state index contributed by atoms with van der Waals surface area (Å²) in [5.41, 5.74) is 7.79. The second-order valence-electron chi connectivity index (χ2n) is 4.28. The van der Waals surface area contributed by atoms with Crippen LogP contribution in [-0.2, 0) is 13.0 Å². The van der Waals surface area contributed by atoms with Crippen molar-refractivity contribution in [3.05, 3.63) is 59.7 Å². The summed E-state index contributed by atoms with van der Waals surface area (Å²) in [6, 6.07) is 15.9. The summed E-state index contributed by atoms with van der Waals surface area (Å²) in [6.07, 6.45) is 0.896. The summed E-state index contributed by atoms with van der Waals surface area (Å²) >= 11 is 0. The van der Waals surface area contributed by atoms with Crippen molar-refractivity contribution >= 4 is 0 Å². The summed E-state index contributed by atoms with van der Waals surface area (Å²) in [5.74, 6) is 1.70. The van der Waals surface area contributed by atoms with Crippen LogP contribution in [0.3, 0.4) is 0 Å². The lowest BCUT2D eigenvalue weighted by Gasteiger charge is -2.10. The van der Waals surface area contributed by atoms with Crippen molar-refractivity contribution < 1.29 is 9.47 Å². The van der Waals surface area contributed by atoms with Gasteiger partial charge in [-0.25, -0.2) is 0 Å². The zero-order valence-corrected chi connectivity index (χ0v) is 11.1. The van der Waals surface area contributed by atoms with Crippen LogP contribution in [-0.4, -0.2) is 13.7 Å². The first-order valence-corrected chi connectivity index (χ1v) is 6.37. The van der Waals surface area contributed by atoms with Gasteiger partial charge in [-0.1, -0.05) is 30.3 Å². The molecule has 2 aromatic carbocycles. The molecule has 0 heterocycles. The summed E-state index contributed by atoms with van der Waals surface area (Å²) in [4.78, 5) is 0. The minimum Gasteiger partial charge on any atom is -0.496 e. The van der Waals surface area contributed by atoms with E-state index in [2.05, 4.69) is 0 Å². The minimum absolute atomic E-state index is 0.500. The van der Waals surface area contributed by atoms with Gasteiger partial charge in [-0.2, -0.15) is 0 Å². The second-order valence-corrected chi connectivity index (χ2v) is 4.28. The number of para-hydroxylation sites is 1. The van der Waals surface area contributed by atoms with Gasteiger partial charge in [0.1, 0.15) is 18.1 Å². The lowest BCUT2D eigenvalue weighted by molar-refractivity contribution is 0.296. The molecule has 3 heteroatoms. The Morgan fingerprint density at radius 3 is 2.42 bits per heavy atom. The summed E-state index contributed by atoms with van der Waals surface area (Å²) in [5, 5.41) is 0. The van der Waals surface area contributed by atoms with E-state index in [4.69, 9.17) is 15.2 Å². The highest BCUT2D eigenvalue weighted by Gasteiger charge is 2.02. The zero-order chi connectivity index (χ0) is 13.5. The van der Waals surface area contributed by atoms with E-state index in [-0.39, 0.29) is 0 Å². The van der Waals surface area contributed by atoms with Crippen LogP contribution in [0, 0.1) is 0 Å². The quantitative estimate of drug-likeness (QED) is 0.865. The Morgan fingerprint density at radius 2 is 1.74 bits per heavy atom. The Hall–Kier alpha value is -2.00. The monoisotopic (exact) mass is 257 g/mol. The van der Waals surface area contributed by atoms with Gasteiger partial charge in [0.05, 0.1) is 7.11 Å². The molecule has 0 aliphatic rings. The maximum atomic E-state index is 5.76. The first kappa shape index (κ1) is 13.4. The molecular formula is C16H19NO2. The van der Waals surface area contributed by atoms with E-state index in [1.807, 2.05) is 48.5 Å². The Bertz CT molecular complexity index is 508. The van der Waals surface area contributed by atoms with Crippen LogP contribution >= 0.6 is 0 Å². The van der Waals surface area contributed by atoms with Crippen LogP contribution in [0.1, 0.15) is 11.1 Å². The highest BCUT2D eigenvalue weighted by molar-refractivity contribution is 5.33. The van der Waals surface area contributed by atoms with Crippen LogP contribution < -0.4 is 15.2 Å². The molecule has 2 rings (SSSR count). The first-order chi connectivity index (χ1) is 9.33. The molecule has 0 unspecified atom stereocenters. The van der Waals surface area contributed by atoms with Crippen molar-refractivity contribution in [2.45, 2.75) is 13.0 Å². The van der Waals surface area contributed by atoms with E-state index in [1.54, 1.807) is 7.11 Å². The molecule has 0 aliphatic heterocycles. The Labute approximate surface area is 114 Å². The Morgan fingerprint density at radius 1 is 1.00 bits per heavy atom. The van der Waals surface area contributed by atoms with Crippen molar-refractivity contribution in [2.24, 2.45) is 5.73 Å². The van der Waals surface area contributed by atoms with Gasteiger partial charge in [0.15, 0.2) is 0 Å². The highest BCUT2D eigenvalue weighted by atomic mass is 16.5. The molecule has 0 spiro atoms. The number of hydrogen-bond acceptors (Lipinski definition) is 3. The molecule has 19 heavy (non-hydrogen) atoms. The number of ether oxygens (including phenoxy) is 2. The normalized spacial score (nSPS) is 10.2. The van der Waals surface area contributed by atoms with E-state index < -0.39 is 0 Å². The predicted molar refractivity (Wildman–Crippen MR) is 76.5 cm³/mol. The van der Waals surface area contributed by atoms with E-state index in [9.17, 15) is 0 Å². The molecule has 0 radical (unpaired) electrons. The molecule has 2 N–H and O–H groups in total. The van der Waals surface area contributed by atoms with Gasteiger partial charge in [0.25, 0.3) is 0 Å². The lowest BCUT2D eigenvalue weighted by Crippen LogP contribution is -2.02. The summed E-state index contributed by atoms with van der Waals surface area (Å²) in [6.45, 7) is 1.17. The molecule has 0 saturated carbocycles.